The Morgan fingerprint density at radius 1 is 1.35 bits per heavy atom. The molecule has 2 nitrogen and oxygen atoms in total. The van der Waals surface area contributed by atoms with Crippen LogP contribution in [0.3, 0.4) is 0 Å². The van der Waals surface area contributed by atoms with Crippen LogP contribution in [0.4, 0.5) is 17.6 Å². The monoisotopic (exact) mass is 251 g/mol. The molecule has 0 saturated heterocycles. The molecular formula is C11H13F4NO. The van der Waals surface area contributed by atoms with E-state index < -0.39 is 24.6 Å². The predicted octanol–water partition coefficient (Wildman–Crippen LogP) is 2.67. The van der Waals surface area contributed by atoms with Crippen molar-refractivity contribution in [2.75, 3.05) is 20.3 Å². The maximum absolute atomic E-state index is 12.9. The van der Waals surface area contributed by atoms with Crippen LogP contribution in [0.1, 0.15) is 11.6 Å². The summed E-state index contributed by atoms with van der Waals surface area (Å²) in [4.78, 5) is 0. The van der Waals surface area contributed by atoms with Gasteiger partial charge in [-0.1, -0.05) is 12.1 Å². The van der Waals surface area contributed by atoms with Crippen molar-refractivity contribution in [1.82, 2.24) is 5.32 Å². The minimum Gasteiger partial charge on any atom is -0.370 e. The Labute approximate surface area is 96.6 Å². The SMILES string of the molecule is CNC(COCC(F)(F)F)c1cccc(F)c1. The second kappa shape index (κ2) is 5.97. The highest BCUT2D eigenvalue weighted by Gasteiger charge is 2.27. The first-order chi connectivity index (χ1) is 7.92. The van der Waals surface area contributed by atoms with Crippen LogP contribution in [0.5, 0.6) is 0 Å². The maximum Gasteiger partial charge on any atom is 0.411 e. The van der Waals surface area contributed by atoms with Crippen molar-refractivity contribution >= 4 is 0 Å². The lowest BCUT2D eigenvalue weighted by atomic mass is 10.1. The molecule has 0 aliphatic carbocycles. The molecule has 0 radical (unpaired) electrons. The second-order valence-corrected chi connectivity index (χ2v) is 3.53. The summed E-state index contributed by atoms with van der Waals surface area (Å²) in [5.41, 5.74) is 0.551. The van der Waals surface area contributed by atoms with Gasteiger partial charge in [-0.2, -0.15) is 13.2 Å². The Hall–Kier alpha value is -1.14. The van der Waals surface area contributed by atoms with Crippen LogP contribution in [0.25, 0.3) is 0 Å². The van der Waals surface area contributed by atoms with Crippen LogP contribution < -0.4 is 5.32 Å². The first-order valence-electron chi connectivity index (χ1n) is 4.99. The summed E-state index contributed by atoms with van der Waals surface area (Å²) in [6.07, 6.45) is -4.35. The van der Waals surface area contributed by atoms with Gasteiger partial charge in [0.05, 0.1) is 12.6 Å². The zero-order valence-electron chi connectivity index (χ0n) is 9.22. The molecule has 1 N–H and O–H groups in total. The Kier molecular flexibility index (Phi) is 4.89. The van der Waals surface area contributed by atoms with E-state index in [9.17, 15) is 17.6 Å². The summed E-state index contributed by atoms with van der Waals surface area (Å²) in [5, 5.41) is 2.77. The van der Waals surface area contributed by atoms with Gasteiger partial charge < -0.3 is 10.1 Å². The van der Waals surface area contributed by atoms with Gasteiger partial charge in [0.15, 0.2) is 0 Å². The summed E-state index contributed by atoms with van der Waals surface area (Å²) in [6, 6.07) is 5.19. The third-order valence-electron chi connectivity index (χ3n) is 2.15. The number of likely N-dealkylation sites (N-methyl/N-ethyl adjacent to an activating group) is 1. The Morgan fingerprint density at radius 2 is 2.06 bits per heavy atom. The molecule has 1 atom stereocenters. The van der Waals surface area contributed by atoms with Crippen molar-refractivity contribution < 1.29 is 22.3 Å². The van der Waals surface area contributed by atoms with Crippen molar-refractivity contribution in [3.05, 3.63) is 35.6 Å². The van der Waals surface area contributed by atoms with Gasteiger partial charge in [-0.3, -0.25) is 0 Å². The predicted molar refractivity (Wildman–Crippen MR) is 55.1 cm³/mol. The second-order valence-electron chi connectivity index (χ2n) is 3.53. The standard InChI is InChI=1S/C11H13F4NO/c1-16-10(6-17-7-11(13,14)15)8-3-2-4-9(12)5-8/h2-5,10,16H,6-7H2,1H3. The summed E-state index contributed by atoms with van der Waals surface area (Å²) in [7, 11) is 1.58. The van der Waals surface area contributed by atoms with E-state index in [1.165, 1.54) is 18.2 Å². The molecule has 17 heavy (non-hydrogen) atoms. The van der Waals surface area contributed by atoms with E-state index in [4.69, 9.17) is 0 Å². The van der Waals surface area contributed by atoms with Crippen molar-refractivity contribution in [2.45, 2.75) is 12.2 Å². The molecule has 0 bridgehead atoms. The molecular weight excluding hydrogens is 238 g/mol. The van der Waals surface area contributed by atoms with Gasteiger partial charge >= 0.3 is 6.18 Å². The smallest absolute Gasteiger partial charge is 0.370 e. The molecule has 0 spiro atoms. The number of benzene rings is 1. The highest BCUT2D eigenvalue weighted by atomic mass is 19.4. The van der Waals surface area contributed by atoms with E-state index in [1.807, 2.05) is 0 Å². The Balaban J connectivity index is 2.54. The fourth-order valence-corrected chi connectivity index (χ4v) is 1.36. The highest BCUT2D eigenvalue weighted by molar-refractivity contribution is 5.20. The van der Waals surface area contributed by atoms with Gasteiger partial charge in [-0.25, -0.2) is 4.39 Å². The van der Waals surface area contributed by atoms with Gasteiger partial charge in [0, 0.05) is 0 Å². The molecule has 0 aromatic heterocycles. The van der Waals surface area contributed by atoms with E-state index in [-0.39, 0.29) is 6.61 Å². The molecule has 6 heteroatoms. The molecule has 0 saturated carbocycles. The third kappa shape index (κ3) is 5.14. The van der Waals surface area contributed by atoms with Gasteiger partial charge in [0.2, 0.25) is 0 Å². The van der Waals surface area contributed by atoms with Crippen LogP contribution in [0, 0.1) is 5.82 Å². The fourth-order valence-electron chi connectivity index (χ4n) is 1.36. The molecule has 0 aliphatic rings. The number of halogens is 4. The molecule has 0 amide bonds. The number of nitrogens with one attached hydrogen (secondary N) is 1. The van der Waals surface area contributed by atoms with E-state index in [0.29, 0.717) is 5.56 Å². The first kappa shape index (κ1) is 13.9. The molecule has 0 aliphatic heterocycles. The summed E-state index contributed by atoms with van der Waals surface area (Å²) < 4.78 is 53.1. The van der Waals surface area contributed by atoms with Gasteiger partial charge in [-0.15, -0.1) is 0 Å². The number of hydrogen-bond donors (Lipinski definition) is 1. The fraction of sp³-hybridized carbons (Fsp3) is 0.455. The summed E-state index contributed by atoms with van der Waals surface area (Å²) in [5.74, 6) is -0.432. The minimum absolute atomic E-state index is 0.167. The highest BCUT2D eigenvalue weighted by Crippen LogP contribution is 2.18. The summed E-state index contributed by atoms with van der Waals surface area (Å²) in [6.45, 7) is -1.47. The first-order valence-corrected chi connectivity index (χ1v) is 4.99. The van der Waals surface area contributed by atoms with Crippen molar-refractivity contribution in [1.29, 1.82) is 0 Å². The van der Waals surface area contributed by atoms with Gasteiger partial charge in [-0.05, 0) is 24.7 Å². The lowest BCUT2D eigenvalue weighted by Crippen LogP contribution is -2.25. The molecule has 1 rings (SSSR count). The average Bonchev–Trinajstić information content (AvgIpc) is 2.23. The number of hydrogen-bond acceptors (Lipinski definition) is 2. The van der Waals surface area contributed by atoms with Crippen LogP contribution >= 0.6 is 0 Å². The molecule has 96 valence electrons. The zero-order valence-corrected chi connectivity index (χ0v) is 9.22. The molecule has 1 aromatic carbocycles. The molecule has 0 fully saturated rings. The van der Waals surface area contributed by atoms with Crippen LogP contribution in [-0.4, -0.2) is 26.4 Å². The quantitative estimate of drug-likeness (QED) is 0.812. The Morgan fingerprint density at radius 3 is 2.59 bits per heavy atom. The van der Waals surface area contributed by atoms with E-state index in [0.717, 1.165) is 0 Å². The van der Waals surface area contributed by atoms with Gasteiger partial charge in [0.1, 0.15) is 12.4 Å². The topological polar surface area (TPSA) is 21.3 Å². The largest absolute Gasteiger partial charge is 0.411 e. The lowest BCUT2D eigenvalue weighted by molar-refractivity contribution is -0.175. The van der Waals surface area contributed by atoms with Crippen LogP contribution in [0.2, 0.25) is 0 Å². The molecule has 1 aromatic rings. The van der Waals surface area contributed by atoms with Crippen molar-refractivity contribution in [3.63, 3.8) is 0 Å². The van der Waals surface area contributed by atoms with Crippen molar-refractivity contribution in [2.24, 2.45) is 0 Å². The summed E-state index contributed by atoms with van der Waals surface area (Å²) >= 11 is 0. The van der Waals surface area contributed by atoms with E-state index >= 15 is 0 Å². The zero-order chi connectivity index (χ0) is 12.9. The molecule has 1 unspecified atom stereocenters. The maximum atomic E-state index is 12.9. The molecule has 0 heterocycles. The number of rotatable bonds is 5. The van der Waals surface area contributed by atoms with E-state index in [1.54, 1.807) is 13.1 Å². The third-order valence-corrected chi connectivity index (χ3v) is 2.15. The van der Waals surface area contributed by atoms with Crippen molar-refractivity contribution in [3.8, 4) is 0 Å². The normalized spacial score (nSPS) is 13.7. The number of ether oxygens (including phenoxy) is 1. The Bertz CT molecular complexity index is 354. The average molecular weight is 251 g/mol. The minimum atomic E-state index is -4.35. The lowest BCUT2D eigenvalue weighted by Gasteiger charge is -2.17. The van der Waals surface area contributed by atoms with E-state index in [2.05, 4.69) is 10.1 Å². The van der Waals surface area contributed by atoms with Crippen LogP contribution in [0.15, 0.2) is 24.3 Å². The van der Waals surface area contributed by atoms with Gasteiger partial charge in [0.25, 0.3) is 0 Å². The number of alkyl halides is 3. The van der Waals surface area contributed by atoms with Crippen LogP contribution in [-0.2, 0) is 4.74 Å².